The largest absolute Gasteiger partial charge is 0.461 e. The van der Waals surface area contributed by atoms with Crippen LogP contribution in [0.3, 0.4) is 0 Å². The maximum Gasteiger partial charge on any atom is 0.216 e. The van der Waals surface area contributed by atoms with Crippen LogP contribution in [0.25, 0.3) is 11.6 Å². The van der Waals surface area contributed by atoms with Crippen LogP contribution in [0.4, 0.5) is 0 Å². The molecule has 0 radical (unpaired) electrons. The molecule has 1 saturated heterocycles. The van der Waals surface area contributed by atoms with Crippen molar-refractivity contribution < 1.29 is 4.42 Å². The Morgan fingerprint density at radius 3 is 2.86 bits per heavy atom. The summed E-state index contributed by atoms with van der Waals surface area (Å²) in [6.45, 7) is 5.29. The standard InChI is InChI=1S/C18H22ClN7OS/c1-20-18(21-11-16-22-17(24-23-16)14-3-2-10-27-14)26-8-6-25(7-9-26)12-13-4-5-15(19)28-13/h2-5,10H,6-9,11-12H2,1H3,(H,20,21)(H,22,23,24). The van der Waals surface area contributed by atoms with Gasteiger partial charge in [0.25, 0.3) is 0 Å². The zero-order valence-corrected chi connectivity index (χ0v) is 17.1. The van der Waals surface area contributed by atoms with Gasteiger partial charge in [-0.2, -0.15) is 0 Å². The van der Waals surface area contributed by atoms with E-state index in [0.717, 1.165) is 48.8 Å². The maximum absolute atomic E-state index is 6.03. The van der Waals surface area contributed by atoms with Crippen molar-refractivity contribution in [3.05, 3.63) is 45.6 Å². The van der Waals surface area contributed by atoms with Crippen molar-refractivity contribution in [2.45, 2.75) is 13.1 Å². The molecule has 0 spiro atoms. The Balaban J connectivity index is 1.27. The number of piperazine rings is 1. The number of H-pyrrole nitrogens is 1. The van der Waals surface area contributed by atoms with Gasteiger partial charge in [0.2, 0.25) is 5.82 Å². The molecule has 8 nitrogen and oxygen atoms in total. The van der Waals surface area contributed by atoms with Gasteiger partial charge in [0.15, 0.2) is 11.7 Å². The van der Waals surface area contributed by atoms with Gasteiger partial charge in [0, 0.05) is 44.6 Å². The summed E-state index contributed by atoms with van der Waals surface area (Å²) in [5.74, 6) is 2.81. The van der Waals surface area contributed by atoms with Crippen molar-refractivity contribution in [3.8, 4) is 11.6 Å². The first-order valence-corrected chi connectivity index (χ1v) is 10.3. The van der Waals surface area contributed by atoms with E-state index in [4.69, 9.17) is 16.0 Å². The third kappa shape index (κ3) is 4.54. The Bertz CT molecular complexity index is 912. The highest BCUT2D eigenvalue weighted by Crippen LogP contribution is 2.23. The summed E-state index contributed by atoms with van der Waals surface area (Å²) in [5.41, 5.74) is 0. The van der Waals surface area contributed by atoms with E-state index in [2.05, 4.69) is 41.4 Å². The predicted octanol–water partition coefficient (Wildman–Crippen LogP) is 2.67. The number of aromatic amines is 1. The van der Waals surface area contributed by atoms with E-state index in [9.17, 15) is 0 Å². The molecule has 4 rings (SSSR count). The fourth-order valence-electron chi connectivity index (χ4n) is 3.16. The third-order valence-corrected chi connectivity index (χ3v) is 5.80. The first-order chi connectivity index (χ1) is 13.7. The number of aromatic nitrogens is 3. The number of furan rings is 1. The van der Waals surface area contributed by atoms with Crippen LogP contribution < -0.4 is 5.32 Å². The number of halogens is 1. The van der Waals surface area contributed by atoms with Gasteiger partial charge in [0.05, 0.1) is 17.1 Å². The average molecular weight is 420 g/mol. The highest BCUT2D eigenvalue weighted by molar-refractivity contribution is 7.16. The SMILES string of the molecule is CN=C(NCc1nc(-c2ccco2)n[nH]1)N1CCN(Cc2ccc(Cl)s2)CC1. The van der Waals surface area contributed by atoms with Crippen molar-refractivity contribution in [1.82, 2.24) is 30.3 Å². The van der Waals surface area contributed by atoms with E-state index >= 15 is 0 Å². The van der Waals surface area contributed by atoms with E-state index in [1.807, 2.05) is 18.2 Å². The Morgan fingerprint density at radius 1 is 1.32 bits per heavy atom. The van der Waals surface area contributed by atoms with Crippen LogP contribution in [0.15, 0.2) is 39.9 Å². The Labute approximate surface area is 172 Å². The lowest BCUT2D eigenvalue weighted by atomic mass is 10.3. The lowest BCUT2D eigenvalue weighted by Gasteiger charge is -2.36. The third-order valence-electron chi connectivity index (χ3n) is 4.58. The number of thiophene rings is 1. The maximum atomic E-state index is 6.03. The molecule has 2 N–H and O–H groups in total. The highest BCUT2D eigenvalue weighted by Gasteiger charge is 2.20. The number of guanidine groups is 1. The molecular formula is C18H22ClN7OS. The van der Waals surface area contributed by atoms with Crippen molar-refractivity contribution in [1.29, 1.82) is 0 Å². The second-order valence-corrected chi connectivity index (χ2v) is 8.25. The number of nitrogens with zero attached hydrogens (tertiary/aromatic N) is 5. The van der Waals surface area contributed by atoms with Crippen LogP contribution in [0.2, 0.25) is 4.34 Å². The average Bonchev–Trinajstić information content (AvgIpc) is 3.45. The smallest absolute Gasteiger partial charge is 0.216 e. The van der Waals surface area contributed by atoms with Gasteiger partial charge in [0.1, 0.15) is 5.82 Å². The lowest BCUT2D eigenvalue weighted by molar-refractivity contribution is 0.173. The molecule has 0 amide bonds. The molecular weight excluding hydrogens is 398 g/mol. The Kier molecular flexibility index (Phi) is 5.94. The van der Waals surface area contributed by atoms with Gasteiger partial charge in [-0.3, -0.25) is 15.0 Å². The summed E-state index contributed by atoms with van der Waals surface area (Å²) in [6, 6.07) is 7.72. The van der Waals surface area contributed by atoms with Gasteiger partial charge in [-0.1, -0.05) is 11.6 Å². The number of hydrogen-bond acceptors (Lipinski definition) is 6. The quantitative estimate of drug-likeness (QED) is 0.488. The topological polar surface area (TPSA) is 85.6 Å². The van der Waals surface area contributed by atoms with Crippen LogP contribution in [-0.2, 0) is 13.1 Å². The summed E-state index contributed by atoms with van der Waals surface area (Å²) >= 11 is 7.68. The second kappa shape index (κ2) is 8.76. The van der Waals surface area contributed by atoms with Crippen molar-refractivity contribution in [2.24, 2.45) is 4.99 Å². The van der Waals surface area contributed by atoms with Crippen LogP contribution in [0.1, 0.15) is 10.7 Å². The lowest BCUT2D eigenvalue weighted by Crippen LogP contribution is -2.52. The van der Waals surface area contributed by atoms with E-state index in [0.29, 0.717) is 18.1 Å². The molecule has 1 fully saturated rings. The van der Waals surface area contributed by atoms with Gasteiger partial charge < -0.3 is 14.6 Å². The molecule has 3 aromatic rings. The molecule has 28 heavy (non-hydrogen) atoms. The number of hydrogen-bond donors (Lipinski definition) is 2. The van der Waals surface area contributed by atoms with Crippen LogP contribution in [0, 0.1) is 0 Å². The first kappa shape index (κ1) is 19.0. The zero-order valence-electron chi connectivity index (χ0n) is 15.6. The highest BCUT2D eigenvalue weighted by atomic mass is 35.5. The predicted molar refractivity (Wildman–Crippen MR) is 110 cm³/mol. The van der Waals surface area contributed by atoms with Crippen molar-refractivity contribution >= 4 is 28.9 Å². The van der Waals surface area contributed by atoms with Gasteiger partial charge in [-0.05, 0) is 24.3 Å². The van der Waals surface area contributed by atoms with Crippen LogP contribution in [0.5, 0.6) is 0 Å². The minimum atomic E-state index is 0.522. The van der Waals surface area contributed by atoms with Gasteiger partial charge in [-0.15, -0.1) is 16.4 Å². The van der Waals surface area contributed by atoms with Gasteiger partial charge in [-0.25, -0.2) is 4.98 Å². The summed E-state index contributed by atoms with van der Waals surface area (Å²) in [4.78, 5) is 14.9. The molecule has 0 unspecified atom stereocenters. The summed E-state index contributed by atoms with van der Waals surface area (Å²) in [5, 5.41) is 10.5. The number of nitrogens with one attached hydrogen (secondary N) is 2. The molecule has 10 heteroatoms. The molecule has 0 aliphatic carbocycles. The van der Waals surface area contributed by atoms with Crippen LogP contribution >= 0.6 is 22.9 Å². The monoisotopic (exact) mass is 419 g/mol. The number of aliphatic imine (C=N–C) groups is 1. The van der Waals surface area contributed by atoms with E-state index in [1.165, 1.54) is 4.88 Å². The zero-order chi connectivity index (χ0) is 19.3. The Morgan fingerprint density at radius 2 is 2.18 bits per heavy atom. The summed E-state index contributed by atoms with van der Waals surface area (Å²) in [7, 11) is 1.80. The van der Waals surface area contributed by atoms with Gasteiger partial charge >= 0.3 is 0 Å². The van der Waals surface area contributed by atoms with E-state index < -0.39 is 0 Å². The first-order valence-electron chi connectivity index (χ1n) is 9.08. The number of rotatable bonds is 5. The molecule has 148 valence electrons. The fourth-order valence-corrected chi connectivity index (χ4v) is 4.29. The van der Waals surface area contributed by atoms with E-state index in [-0.39, 0.29) is 0 Å². The minimum Gasteiger partial charge on any atom is -0.461 e. The minimum absolute atomic E-state index is 0.522. The molecule has 4 heterocycles. The summed E-state index contributed by atoms with van der Waals surface area (Å²) in [6.07, 6.45) is 1.61. The van der Waals surface area contributed by atoms with Crippen LogP contribution in [-0.4, -0.2) is 64.2 Å². The molecule has 0 aromatic carbocycles. The van der Waals surface area contributed by atoms with Crippen molar-refractivity contribution in [3.63, 3.8) is 0 Å². The fraction of sp³-hybridized carbons (Fsp3) is 0.389. The van der Waals surface area contributed by atoms with Crippen molar-refractivity contribution in [2.75, 3.05) is 33.2 Å². The summed E-state index contributed by atoms with van der Waals surface area (Å²) < 4.78 is 6.17. The molecule has 0 saturated carbocycles. The molecule has 0 bridgehead atoms. The Hall–Kier alpha value is -2.36. The molecule has 1 aliphatic rings. The molecule has 3 aromatic heterocycles. The second-order valence-electron chi connectivity index (χ2n) is 6.45. The molecule has 1 aliphatic heterocycles. The molecule has 0 atom stereocenters. The van der Waals surface area contributed by atoms with E-state index in [1.54, 1.807) is 24.6 Å². The normalized spacial score (nSPS) is 15.9.